The summed E-state index contributed by atoms with van der Waals surface area (Å²) in [5, 5.41) is 0. The third kappa shape index (κ3) is 3.93. The average molecular weight is 381 g/mol. The number of carbonyl (C=O) groups is 4. The maximum absolute atomic E-state index is 12.4. The molecular formula is C21H19NO6. The standard InChI is InChI=1S/C21H19NO6/c1-13(20(25)14-5-9-17(27-2)10-6-14)28-21(26)15-3-7-16(8-4-15)22-18(23)11-12-19(22)24/h3-10,13H,11-12H2,1-2H3/t13-/m1/s1. The molecular weight excluding hydrogens is 362 g/mol. The van der Waals surface area contributed by atoms with E-state index in [9.17, 15) is 19.2 Å². The van der Waals surface area contributed by atoms with Crippen LogP contribution in [0.1, 0.15) is 40.5 Å². The molecule has 0 spiro atoms. The molecule has 1 aliphatic rings. The summed E-state index contributed by atoms with van der Waals surface area (Å²) in [7, 11) is 1.53. The van der Waals surface area contributed by atoms with Gasteiger partial charge in [0.1, 0.15) is 5.75 Å². The molecule has 2 aromatic rings. The maximum atomic E-state index is 12.4. The molecule has 1 fully saturated rings. The second-order valence-corrected chi connectivity index (χ2v) is 6.31. The van der Waals surface area contributed by atoms with Crippen LogP contribution in [0.2, 0.25) is 0 Å². The van der Waals surface area contributed by atoms with E-state index in [1.165, 1.54) is 38.3 Å². The Balaban J connectivity index is 1.65. The Hall–Kier alpha value is -3.48. The summed E-state index contributed by atoms with van der Waals surface area (Å²) in [6.07, 6.45) is -0.594. The van der Waals surface area contributed by atoms with Crippen LogP contribution in [0, 0.1) is 0 Å². The smallest absolute Gasteiger partial charge is 0.338 e. The van der Waals surface area contributed by atoms with Crippen molar-refractivity contribution in [1.29, 1.82) is 0 Å². The molecule has 28 heavy (non-hydrogen) atoms. The molecule has 1 heterocycles. The summed E-state index contributed by atoms with van der Waals surface area (Å²) < 4.78 is 10.3. The second kappa shape index (κ2) is 8.04. The number of carbonyl (C=O) groups excluding carboxylic acids is 4. The molecule has 1 atom stereocenters. The molecule has 1 aliphatic heterocycles. The Labute approximate surface area is 161 Å². The fourth-order valence-corrected chi connectivity index (χ4v) is 2.88. The average Bonchev–Trinajstić information content (AvgIpc) is 3.05. The van der Waals surface area contributed by atoms with Crippen molar-refractivity contribution >= 4 is 29.3 Å². The third-order valence-corrected chi connectivity index (χ3v) is 4.44. The molecule has 0 bridgehead atoms. The molecule has 0 saturated carbocycles. The van der Waals surface area contributed by atoms with Crippen LogP contribution in [-0.2, 0) is 14.3 Å². The quantitative estimate of drug-likeness (QED) is 0.434. The summed E-state index contributed by atoms with van der Waals surface area (Å²) in [6.45, 7) is 1.50. The lowest BCUT2D eigenvalue weighted by Crippen LogP contribution is -2.28. The van der Waals surface area contributed by atoms with Crippen LogP contribution in [0.4, 0.5) is 5.69 Å². The minimum atomic E-state index is -0.970. The number of imide groups is 1. The van der Waals surface area contributed by atoms with Crippen LogP contribution in [-0.4, -0.2) is 36.8 Å². The van der Waals surface area contributed by atoms with Crippen molar-refractivity contribution in [3.63, 3.8) is 0 Å². The van der Waals surface area contributed by atoms with Crippen molar-refractivity contribution in [3.8, 4) is 5.75 Å². The zero-order chi connectivity index (χ0) is 20.3. The summed E-state index contributed by atoms with van der Waals surface area (Å²) in [4.78, 5) is 49.4. The molecule has 0 N–H and O–H groups in total. The fourth-order valence-electron chi connectivity index (χ4n) is 2.88. The first-order chi connectivity index (χ1) is 13.4. The number of amides is 2. The van der Waals surface area contributed by atoms with Crippen LogP contribution < -0.4 is 9.64 Å². The van der Waals surface area contributed by atoms with Crippen molar-refractivity contribution in [3.05, 3.63) is 59.7 Å². The Morgan fingerprint density at radius 3 is 1.96 bits per heavy atom. The van der Waals surface area contributed by atoms with Crippen molar-refractivity contribution < 1.29 is 28.7 Å². The number of methoxy groups -OCH3 is 1. The number of hydrogen-bond acceptors (Lipinski definition) is 6. The van der Waals surface area contributed by atoms with Gasteiger partial charge in [-0.25, -0.2) is 4.79 Å². The van der Waals surface area contributed by atoms with E-state index >= 15 is 0 Å². The normalized spacial score (nSPS) is 14.7. The minimum Gasteiger partial charge on any atom is -0.497 e. The number of ketones is 1. The van der Waals surface area contributed by atoms with Gasteiger partial charge < -0.3 is 9.47 Å². The topological polar surface area (TPSA) is 90.0 Å². The molecule has 7 nitrogen and oxygen atoms in total. The van der Waals surface area contributed by atoms with Crippen molar-refractivity contribution in [2.75, 3.05) is 12.0 Å². The summed E-state index contributed by atoms with van der Waals surface area (Å²) in [5.74, 6) is -0.907. The van der Waals surface area contributed by atoms with Crippen molar-refractivity contribution in [2.45, 2.75) is 25.9 Å². The highest BCUT2D eigenvalue weighted by atomic mass is 16.5. The van der Waals surface area contributed by atoms with Gasteiger partial charge in [0, 0.05) is 18.4 Å². The number of benzene rings is 2. The van der Waals surface area contributed by atoms with E-state index in [1.54, 1.807) is 24.3 Å². The molecule has 144 valence electrons. The van der Waals surface area contributed by atoms with Gasteiger partial charge in [-0.3, -0.25) is 19.3 Å². The maximum Gasteiger partial charge on any atom is 0.338 e. The largest absolute Gasteiger partial charge is 0.497 e. The van der Waals surface area contributed by atoms with Crippen LogP contribution in [0.3, 0.4) is 0 Å². The number of esters is 1. The number of anilines is 1. The zero-order valence-electron chi connectivity index (χ0n) is 15.5. The molecule has 0 unspecified atom stereocenters. The molecule has 0 aromatic heterocycles. The number of nitrogens with zero attached hydrogens (tertiary/aromatic N) is 1. The van der Waals surface area contributed by atoms with Gasteiger partial charge in [-0.2, -0.15) is 0 Å². The van der Waals surface area contributed by atoms with E-state index in [0.29, 0.717) is 17.0 Å². The van der Waals surface area contributed by atoms with Gasteiger partial charge >= 0.3 is 5.97 Å². The number of rotatable bonds is 6. The number of hydrogen-bond donors (Lipinski definition) is 0. The number of Topliss-reactive ketones (excluding diaryl/α,β-unsaturated/α-hetero) is 1. The van der Waals surface area contributed by atoms with E-state index in [4.69, 9.17) is 9.47 Å². The predicted octanol–water partition coefficient (Wildman–Crippen LogP) is 2.78. The van der Waals surface area contributed by atoms with Crippen molar-refractivity contribution in [1.82, 2.24) is 0 Å². The van der Waals surface area contributed by atoms with Crippen LogP contribution in [0.15, 0.2) is 48.5 Å². The van der Waals surface area contributed by atoms with Crippen LogP contribution in [0.5, 0.6) is 5.75 Å². The van der Waals surface area contributed by atoms with Gasteiger partial charge in [0.25, 0.3) is 0 Å². The highest BCUT2D eigenvalue weighted by Crippen LogP contribution is 2.23. The summed E-state index contributed by atoms with van der Waals surface area (Å²) >= 11 is 0. The van der Waals surface area contributed by atoms with Gasteiger partial charge in [-0.1, -0.05) is 0 Å². The van der Waals surface area contributed by atoms with Crippen LogP contribution >= 0.6 is 0 Å². The first-order valence-electron chi connectivity index (χ1n) is 8.76. The molecule has 0 radical (unpaired) electrons. The summed E-state index contributed by atoms with van der Waals surface area (Å²) in [6, 6.07) is 12.4. The molecule has 2 amide bonds. The number of ether oxygens (including phenoxy) is 2. The van der Waals surface area contributed by atoms with E-state index in [0.717, 1.165) is 4.90 Å². The molecule has 0 aliphatic carbocycles. The first-order valence-corrected chi connectivity index (χ1v) is 8.76. The van der Waals surface area contributed by atoms with Crippen LogP contribution in [0.25, 0.3) is 0 Å². The van der Waals surface area contributed by atoms with E-state index < -0.39 is 12.1 Å². The lowest BCUT2D eigenvalue weighted by atomic mass is 10.1. The zero-order valence-corrected chi connectivity index (χ0v) is 15.5. The molecule has 2 aromatic carbocycles. The van der Waals surface area contributed by atoms with Crippen molar-refractivity contribution in [2.24, 2.45) is 0 Å². The van der Waals surface area contributed by atoms with Gasteiger partial charge in [-0.15, -0.1) is 0 Å². The van der Waals surface area contributed by atoms with E-state index in [2.05, 4.69) is 0 Å². The van der Waals surface area contributed by atoms with E-state index in [-0.39, 0.29) is 36.0 Å². The second-order valence-electron chi connectivity index (χ2n) is 6.31. The monoisotopic (exact) mass is 381 g/mol. The molecule has 7 heteroatoms. The molecule has 3 rings (SSSR count). The predicted molar refractivity (Wildman–Crippen MR) is 100 cm³/mol. The Morgan fingerprint density at radius 2 is 1.43 bits per heavy atom. The highest BCUT2D eigenvalue weighted by Gasteiger charge is 2.30. The third-order valence-electron chi connectivity index (χ3n) is 4.44. The lowest BCUT2D eigenvalue weighted by Gasteiger charge is -2.15. The fraction of sp³-hybridized carbons (Fsp3) is 0.238. The Morgan fingerprint density at radius 1 is 0.893 bits per heavy atom. The van der Waals surface area contributed by atoms with Gasteiger partial charge in [0.2, 0.25) is 17.6 Å². The highest BCUT2D eigenvalue weighted by molar-refractivity contribution is 6.19. The van der Waals surface area contributed by atoms with Gasteiger partial charge in [-0.05, 0) is 55.5 Å². The Kier molecular flexibility index (Phi) is 5.54. The SMILES string of the molecule is COc1ccc(C(=O)[C@@H](C)OC(=O)c2ccc(N3C(=O)CCC3=O)cc2)cc1. The lowest BCUT2D eigenvalue weighted by molar-refractivity contribution is -0.121. The summed E-state index contributed by atoms with van der Waals surface area (Å²) in [5.41, 5.74) is 1.03. The Bertz CT molecular complexity index is 901. The van der Waals surface area contributed by atoms with Gasteiger partial charge in [0.05, 0.1) is 18.4 Å². The van der Waals surface area contributed by atoms with Gasteiger partial charge in [0.15, 0.2) is 6.10 Å². The minimum absolute atomic E-state index is 0.188. The first kappa shape index (κ1) is 19.3. The van der Waals surface area contributed by atoms with E-state index in [1.807, 2.05) is 0 Å². The molecule has 1 saturated heterocycles.